The second kappa shape index (κ2) is 8.17. The molecule has 0 aliphatic heterocycles. The van der Waals surface area contributed by atoms with Gasteiger partial charge in [-0.2, -0.15) is 0 Å². The lowest BCUT2D eigenvalue weighted by Gasteiger charge is -2.39. The fourth-order valence-corrected chi connectivity index (χ4v) is 5.77. The van der Waals surface area contributed by atoms with Gasteiger partial charge < -0.3 is 14.4 Å². The van der Waals surface area contributed by atoms with Crippen LogP contribution in [0.1, 0.15) is 37.8 Å². The minimum absolute atomic E-state index is 0.0301. The van der Waals surface area contributed by atoms with Crippen molar-refractivity contribution in [2.45, 2.75) is 38.6 Å². The van der Waals surface area contributed by atoms with E-state index < -0.39 is 6.09 Å². The normalized spacial score (nSPS) is 29.5. The molecule has 30 heavy (non-hydrogen) atoms. The van der Waals surface area contributed by atoms with E-state index in [1.165, 1.54) is 30.6 Å². The zero-order valence-corrected chi connectivity index (χ0v) is 18.5. The zero-order chi connectivity index (χ0) is 21.5. The van der Waals surface area contributed by atoms with E-state index in [2.05, 4.69) is 4.98 Å². The van der Waals surface area contributed by atoms with E-state index in [9.17, 15) is 9.59 Å². The minimum atomic E-state index is -0.442. The molecule has 0 spiro atoms. The van der Waals surface area contributed by atoms with Crippen LogP contribution < -0.4 is 4.74 Å². The molecule has 1 amide bonds. The molecule has 0 N–H and O–H groups in total. The first-order chi connectivity index (χ1) is 14.2. The number of quaternary nitrogens is 1. The minimum Gasteiger partial charge on any atom is -0.415 e. The molecular formula is C23H34N3O4+. The van der Waals surface area contributed by atoms with Gasteiger partial charge in [0, 0.05) is 20.3 Å². The summed E-state index contributed by atoms with van der Waals surface area (Å²) in [5, 5.41) is 0. The molecule has 5 unspecified atom stereocenters. The Hall–Kier alpha value is -2.15. The van der Waals surface area contributed by atoms with Crippen molar-refractivity contribution in [1.82, 2.24) is 9.88 Å². The third kappa shape index (κ3) is 4.46. The van der Waals surface area contributed by atoms with Crippen LogP contribution in [-0.2, 0) is 16.1 Å². The monoisotopic (exact) mass is 416 g/mol. The lowest BCUT2D eigenvalue weighted by molar-refractivity contribution is -0.920. The largest absolute Gasteiger partial charge is 0.415 e. The molecule has 3 fully saturated rings. The Labute approximate surface area is 178 Å². The molecule has 3 aliphatic rings. The summed E-state index contributed by atoms with van der Waals surface area (Å²) in [6.07, 6.45) is 7.39. The number of pyridine rings is 1. The summed E-state index contributed by atoms with van der Waals surface area (Å²) in [4.78, 5) is 30.6. The molecule has 0 radical (unpaired) electrons. The van der Waals surface area contributed by atoms with Crippen LogP contribution in [-0.4, -0.2) is 61.4 Å². The molecule has 7 nitrogen and oxygen atoms in total. The van der Waals surface area contributed by atoms with Crippen LogP contribution in [0.3, 0.4) is 0 Å². The molecule has 7 heteroatoms. The van der Waals surface area contributed by atoms with E-state index in [4.69, 9.17) is 9.47 Å². The van der Waals surface area contributed by atoms with Crippen molar-refractivity contribution >= 4 is 12.1 Å². The first kappa shape index (κ1) is 21.1. The smallest absolute Gasteiger partial charge is 0.414 e. The number of ether oxygens (including phenoxy) is 2. The molecule has 3 bridgehead atoms. The highest BCUT2D eigenvalue weighted by Gasteiger charge is 2.50. The average Bonchev–Trinajstić information content (AvgIpc) is 2.89. The van der Waals surface area contributed by atoms with Crippen LogP contribution in [0.25, 0.3) is 0 Å². The van der Waals surface area contributed by atoms with Crippen molar-refractivity contribution in [2.75, 3.05) is 34.9 Å². The van der Waals surface area contributed by atoms with Gasteiger partial charge in [-0.15, -0.1) is 0 Å². The van der Waals surface area contributed by atoms with Crippen LogP contribution in [0.15, 0.2) is 18.3 Å². The van der Waals surface area contributed by atoms with Gasteiger partial charge in [0.2, 0.25) is 6.73 Å². The second-order valence-electron chi connectivity index (χ2n) is 10.3. The molecule has 164 valence electrons. The molecule has 1 aromatic rings. The summed E-state index contributed by atoms with van der Waals surface area (Å²) in [5.74, 6) is 3.43. The molecule has 3 saturated carbocycles. The number of aromatic nitrogens is 1. The molecule has 1 aromatic heterocycles. The van der Waals surface area contributed by atoms with Crippen LogP contribution in [0.5, 0.6) is 5.75 Å². The maximum Gasteiger partial charge on any atom is 0.414 e. The maximum absolute atomic E-state index is 12.9. The van der Waals surface area contributed by atoms with Crippen LogP contribution in [0.2, 0.25) is 0 Å². The van der Waals surface area contributed by atoms with Gasteiger partial charge in [0.05, 0.1) is 20.0 Å². The van der Waals surface area contributed by atoms with Crippen molar-refractivity contribution in [3.05, 3.63) is 24.0 Å². The average molecular weight is 417 g/mol. The fraction of sp³-hybridized carbons (Fsp3) is 0.696. The van der Waals surface area contributed by atoms with E-state index >= 15 is 0 Å². The zero-order valence-electron chi connectivity index (χ0n) is 18.5. The molecular weight excluding hydrogens is 382 g/mol. The quantitative estimate of drug-likeness (QED) is 0.404. The fourth-order valence-electron chi connectivity index (χ4n) is 5.77. The lowest BCUT2D eigenvalue weighted by Crippen LogP contribution is -2.44. The Morgan fingerprint density at radius 3 is 2.53 bits per heavy atom. The highest BCUT2D eigenvalue weighted by atomic mass is 16.6. The Morgan fingerprint density at radius 2 is 1.80 bits per heavy atom. The van der Waals surface area contributed by atoms with E-state index in [0.717, 1.165) is 24.2 Å². The predicted octanol–water partition coefficient (Wildman–Crippen LogP) is 3.29. The first-order valence-corrected chi connectivity index (χ1v) is 11.0. The third-order valence-corrected chi connectivity index (χ3v) is 7.15. The van der Waals surface area contributed by atoms with Crippen molar-refractivity contribution in [3.63, 3.8) is 0 Å². The summed E-state index contributed by atoms with van der Waals surface area (Å²) in [6, 6.07) is 3.48. The van der Waals surface area contributed by atoms with Crippen molar-refractivity contribution in [1.29, 1.82) is 0 Å². The van der Waals surface area contributed by atoms with Gasteiger partial charge in [-0.1, -0.05) is 0 Å². The van der Waals surface area contributed by atoms with Gasteiger partial charge in [-0.05, 0) is 67.9 Å². The number of nitrogens with zero attached hydrogens (tertiary/aromatic N) is 3. The number of hydrogen-bond acceptors (Lipinski definition) is 5. The molecule has 0 aromatic carbocycles. The van der Waals surface area contributed by atoms with Crippen LogP contribution >= 0.6 is 0 Å². The van der Waals surface area contributed by atoms with E-state index in [1.807, 2.05) is 14.1 Å². The summed E-state index contributed by atoms with van der Waals surface area (Å²) < 4.78 is 11.7. The van der Waals surface area contributed by atoms with Crippen molar-refractivity contribution in [2.24, 2.45) is 29.6 Å². The Bertz CT molecular complexity index is 807. The summed E-state index contributed by atoms with van der Waals surface area (Å²) >= 11 is 0. The Kier molecular flexibility index (Phi) is 5.75. The number of fused-ring (bicyclic) bond motifs is 2. The Balaban J connectivity index is 1.35. The van der Waals surface area contributed by atoms with Crippen molar-refractivity contribution in [3.8, 4) is 5.75 Å². The number of esters is 1. The standard InChI is InChI=1S/C23H34N3O4/c1-25(2)23(28)30-21-6-5-7-24-20(21)13-26(3,4)14-29-22(27)19-12-17-9-15-8-16(17)11-18(19)10-15/h5-7,15-19H,8-14H2,1-4H3/q+1. The topological polar surface area (TPSA) is 68.7 Å². The van der Waals surface area contributed by atoms with Gasteiger partial charge in [0.15, 0.2) is 5.75 Å². The first-order valence-electron chi connectivity index (χ1n) is 11.0. The highest BCUT2D eigenvalue weighted by molar-refractivity contribution is 5.73. The number of carbonyl (C=O) groups is 2. The number of rotatable bonds is 6. The molecule has 4 rings (SSSR count). The van der Waals surface area contributed by atoms with Gasteiger partial charge in [-0.3, -0.25) is 14.3 Å². The van der Waals surface area contributed by atoms with Gasteiger partial charge >= 0.3 is 12.1 Å². The summed E-state index contributed by atoms with van der Waals surface area (Å²) in [5.41, 5.74) is 0.669. The van der Waals surface area contributed by atoms with Gasteiger partial charge in [0.25, 0.3) is 0 Å². The van der Waals surface area contributed by atoms with Gasteiger partial charge in [0.1, 0.15) is 12.2 Å². The van der Waals surface area contributed by atoms with Crippen LogP contribution in [0.4, 0.5) is 4.79 Å². The molecule has 1 heterocycles. The number of carbonyl (C=O) groups excluding carboxylic acids is 2. The number of hydrogen-bond donors (Lipinski definition) is 0. The van der Waals surface area contributed by atoms with E-state index in [1.54, 1.807) is 32.4 Å². The van der Waals surface area contributed by atoms with E-state index in [0.29, 0.717) is 28.4 Å². The Morgan fingerprint density at radius 1 is 1.10 bits per heavy atom. The molecule has 3 aliphatic carbocycles. The molecule has 0 saturated heterocycles. The predicted molar refractivity (Wildman–Crippen MR) is 111 cm³/mol. The molecule has 5 atom stereocenters. The van der Waals surface area contributed by atoms with Crippen molar-refractivity contribution < 1.29 is 23.5 Å². The maximum atomic E-state index is 12.9. The second-order valence-corrected chi connectivity index (χ2v) is 10.3. The van der Waals surface area contributed by atoms with Crippen LogP contribution in [0, 0.1) is 29.6 Å². The van der Waals surface area contributed by atoms with Gasteiger partial charge in [-0.25, -0.2) is 4.79 Å². The highest BCUT2D eigenvalue weighted by Crippen LogP contribution is 2.57. The number of amides is 1. The summed E-state index contributed by atoms with van der Waals surface area (Å²) in [6.45, 7) is 0.766. The summed E-state index contributed by atoms with van der Waals surface area (Å²) in [7, 11) is 7.27. The SMILES string of the molecule is CN(C)C(=O)Oc1cccnc1C[N+](C)(C)COC(=O)C1CC2CC3CC2CC1C3. The van der Waals surface area contributed by atoms with E-state index in [-0.39, 0.29) is 18.6 Å². The third-order valence-electron chi connectivity index (χ3n) is 7.15. The lowest BCUT2D eigenvalue weighted by atomic mass is 9.67.